The number of carboxylic acid groups (broad SMARTS) is 1. The van der Waals surface area contributed by atoms with Gasteiger partial charge < -0.3 is 34.7 Å². The second-order valence-electron chi connectivity index (χ2n) is 11.1. The van der Waals surface area contributed by atoms with Crippen molar-refractivity contribution in [3.05, 3.63) is 54.6 Å². The first-order valence-electron chi connectivity index (χ1n) is 13.8. The molecule has 3 aromatic rings. The third kappa shape index (κ3) is 7.88. The molecule has 4 rings (SSSR count). The van der Waals surface area contributed by atoms with Crippen LogP contribution in [-0.4, -0.2) is 73.2 Å². The van der Waals surface area contributed by atoms with Gasteiger partial charge in [-0.3, -0.25) is 4.79 Å². The molecule has 224 valence electrons. The van der Waals surface area contributed by atoms with Gasteiger partial charge in [-0.15, -0.1) is 0 Å². The highest BCUT2D eigenvalue weighted by Gasteiger charge is 2.33. The lowest BCUT2D eigenvalue weighted by atomic mass is 9.87. The summed E-state index contributed by atoms with van der Waals surface area (Å²) in [5.74, 6) is -0.373. The van der Waals surface area contributed by atoms with E-state index in [1.54, 1.807) is 20.8 Å². The van der Waals surface area contributed by atoms with E-state index >= 15 is 0 Å². The maximum absolute atomic E-state index is 12.1. The SMILES string of the molecule is COC(=O)C1CC(Oc2nc3ccccc3cc2-c2cccc(OCCCOC(=O)NC(C(=O)O)C(C)(C)C)c2)CN1. The topological polar surface area (TPSA) is 145 Å². The number of hydrogen-bond acceptors (Lipinski definition) is 9. The van der Waals surface area contributed by atoms with Gasteiger partial charge in [-0.05, 0) is 35.2 Å². The zero-order valence-electron chi connectivity index (χ0n) is 24.2. The van der Waals surface area contributed by atoms with Crippen LogP contribution in [0, 0.1) is 5.41 Å². The molecule has 1 aliphatic rings. The van der Waals surface area contributed by atoms with E-state index in [1.165, 1.54) is 7.11 Å². The number of aliphatic carboxylic acids is 1. The van der Waals surface area contributed by atoms with Crippen LogP contribution in [0.25, 0.3) is 22.0 Å². The van der Waals surface area contributed by atoms with Crippen molar-refractivity contribution in [2.45, 2.75) is 51.8 Å². The van der Waals surface area contributed by atoms with Crippen LogP contribution in [0.2, 0.25) is 0 Å². The number of aromatic nitrogens is 1. The second-order valence-corrected chi connectivity index (χ2v) is 11.1. The highest BCUT2D eigenvalue weighted by atomic mass is 16.6. The number of carbonyl (C=O) groups is 3. The average molecular weight is 580 g/mol. The molecule has 11 heteroatoms. The Bertz CT molecular complexity index is 1420. The molecular formula is C31H37N3O8. The molecule has 2 heterocycles. The quantitative estimate of drug-likeness (QED) is 0.223. The Balaban J connectivity index is 1.39. The minimum Gasteiger partial charge on any atom is -0.493 e. The molecule has 42 heavy (non-hydrogen) atoms. The molecule has 1 aliphatic heterocycles. The van der Waals surface area contributed by atoms with Gasteiger partial charge >= 0.3 is 18.0 Å². The van der Waals surface area contributed by atoms with Crippen LogP contribution in [0.4, 0.5) is 4.79 Å². The fourth-order valence-electron chi connectivity index (χ4n) is 4.64. The predicted molar refractivity (Wildman–Crippen MR) is 155 cm³/mol. The van der Waals surface area contributed by atoms with Gasteiger partial charge in [0.2, 0.25) is 5.88 Å². The Kier molecular flexibility index (Phi) is 9.84. The van der Waals surface area contributed by atoms with E-state index in [0.717, 1.165) is 22.0 Å². The number of hydrogen-bond donors (Lipinski definition) is 3. The summed E-state index contributed by atoms with van der Waals surface area (Å²) < 4.78 is 22.2. The number of methoxy groups -OCH3 is 1. The molecule has 1 saturated heterocycles. The molecule has 0 spiro atoms. The molecule has 1 amide bonds. The number of fused-ring (bicyclic) bond motifs is 1. The maximum atomic E-state index is 12.1. The van der Waals surface area contributed by atoms with Crippen molar-refractivity contribution >= 4 is 28.9 Å². The van der Waals surface area contributed by atoms with Gasteiger partial charge in [0.15, 0.2) is 0 Å². The predicted octanol–water partition coefficient (Wildman–Crippen LogP) is 4.18. The van der Waals surface area contributed by atoms with Crippen molar-refractivity contribution in [2.75, 3.05) is 26.9 Å². The van der Waals surface area contributed by atoms with Gasteiger partial charge in [-0.1, -0.05) is 51.1 Å². The summed E-state index contributed by atoms with van der Waals surface area (Å²) in [4.78, 5) is 40.3. The Morgan fingerprint density at radius 1 is 1.10 bits per heavy atom. The molecule has 0 aliphatic carbocycles. The fraction of sp³-hybridized carbons (Fsp3) is 0.419. The van der Waals surface area contributed by atoms with Crippen LogP contribution in [0.1, 0.15) is 33.6 Å². The Morgan fingerprint density at radius 3 is 2.62 bits per heavy atom. The van der Waals surface area contributed by atoms with Crippen molar-refractivity contribution < 1.29 is 38.4 Å². The molecule has 0 radical (unpaired) electrons. The largest absolute Gasteiger partial charge is 0.493 e. The van der Waals surface area contributed by atoms with Gasteiger partial charge in [-0.25, -0.2) is 14.6 Å². The molecule has 2 aromatic carbocycles. The fourth-order valence-corrected chi connectivity index (χ4v) is 4.64. The van der Waals surface area contributed by atoms with E-state index in [1.807, 2.05) is 54.6 Å². The average Bonchev–Trinajstić information content (AvgIpc) is 3.43. The first-order chi connectivity index (χ1) is 20.0. The van der Waals surface area contributed by atoms with E-state index < -0.39 is 29.6 Å². The number of ether oxygens (including phenoxy) is 4. The van der Waals surface area contributed by atoms with Crippen molar-refractivity contribution in [1.29, 1.82) is 0 Å². The van der Waals surface area contributed by atoms with Gasteiger partial charge in [-0.2, -0.15) is 0 Å². The maximum Gasteiger partial charge on any atom is 0.407 e. The van der Waals surface area contributed by atoms with E-state index in [2.05, 4.69) is 10.6 Å². The highest BCUT2D eigenvalue weighted by Crippen LogP contribution is 2.35. The summed E-state index contributed by atoms with van der Waals surface area (Å²) in [5, 5.41) is 15.8. The van der Waals surface area contributed by atoms with Crippen molar-refractivity contribution in [3.63, 3.8) is 0 Å². The van der Waals surface area contributed by atoms with E-state index in [4.69, 9.17) is 23.9 Å². The van der Waals surface area contributed by atoms with Crippen molar-refractivity contribution in [3.8, 4) is 22.8 Å². The number of nitrogens with zero attached hydrogens (tertiary/aromatic N) is 1. The molecule has 0 bridgehead atoms. The molecule has 0 saturated carbocycles. The summed E-state index contributed by atoms with van der Waals surface area (Å²) in [6.07, 6.45) is -0.164. The normalized spacial score (nSPS) is 17.3. The van der Waals surface area contributed by atoms with Crippen molar-refractivity contribution in [1.82, 2.24) is 15.6 Å². The number of para-hydroxylation sites is 1. The number of carbonyl (C=O) groups excluding carboxylic acids is 2. The third-order valence-corrected chi connectivity index (χ3v) is 6.85. The van der Waals surface area contributed by atoms with Gasteiger partial charge in [0, 0.05) is 30.3 Å². The summed E-state index contributed by atoms with van der Waals surface area (Å²) in [6, 6.07) is 15.8. The number of nitrogens with one attached hydrogen (secondary N) is 2. The smallest absolute Gasteiger partial charge is 0.407 e. The summed E-state index contributed by atoms with van der Waals surface area (Å²) in [6.45, 7) is 6.01. The molecule has 3 atom stereocenters. The van der Waals surface area contributed by atoms with Crippen LogP contribution < -0.4 is 20.1 Å². The van der Waals surface area contributed by atoms with E-state index in [9.17, 15) is 19.5 Å². The van der Waals surface area contributed by atoms with Crippen LogP contribution in [0.15, 0.2) is 54.6 Å². The number of benzene rings is 2. The van der Waals surface area contributed by atoms with Gasteiger partial charge in [0.05, 0.1) is 25.8 Å². The minimum atomic E-state index is -1.12. The molecule has 11 nitrogen and oxygen atoms in total. The van der Waals surface area contributed by atoms with E-state index in [-0.39, 0.29) is 25.3 Å². The Morgan fingerprint density at radius 2 is 1.88 bits per heavy atom. The minimum absolute atomic E-state index is 0.0661. The van der Waals surface area contributed by atoms with Gasteiger partial charge in [0.25, 0.3) is 0 Å². The van der Waals surface area contributed by atoms with Crippen LogP contribution in [0.3, 0.4) is 0 Å². The summed E-state index contributed by atoms with van der Waals surface area (Å²) >= 11 is 0. The zero-order chi connectivity index (χ0) is 30.3. The first kappa shape index (κ1) is 30.6. The number of pyridine rings is 1. The third-order valence-electron chi connectivity index (χ3n) is 6.85. The molecule has 3 N–H and O–H groups in total. The second kappa shape index (κ2) is 13.5. The van der Waals surface area contributed by atoms with Crippen LogP contribution in [-0.2, 0) is 19.1 Å². The number of alkyl carbamates (subject to hydrolysis) is 1. The van der Waals surface area contributed by atoms with Crippen LogP contribution >= 0.6 is 0 Å². The molecule has 1 aromatic heterocycles. The van der Waals surface area contributed by atoms with Crippen molar-refractivity contribution in [2.24, 2.45) is 5.41 Å². The lowest BCUT2D eigenvalue weighted by Crippen LogP contribution is -2.49. The number of carboxylic acids is 1. The Labute approximate surface area is 244 Å². The first-order valence-corrected chi connectivity index (χ1v) is 13.8. The summed E-state index contributed by atoms with van der Waals surface area (Å²) in [5.41, 5.74) is 1.76. The molecule has 3 unspecified atom stereocenters. The number of rotatable bonds is 11. The Hall–Kier alpha value is -4.38. The zero-order valence-corrected chi connectivity index (χ0v) is 24.2. The molecule has 1 fully saturated rings. The highest BCUT2D eigenvalue weighted by molar-refractivity contribution is 5.86. The monoisotopic (exact) mass is 579 g/mol. The lowest BCUT2D eigenvalue weighted by molar-refractivity contribution is -0.143. The molecular weight excluding hydrogens is 542 g/mol. The lowest BCUT2D eigenvalue weighted by Gasteiger charge is -2.27. The summed E-state index contributed by atoms with van der Waals surface area (Å²) in [7, 11) is 1.37. The number of amides is 1. The standard InChI is InChI=1S/C31H37N3O8/c1-31(2,3)26(28(35)36)34-30(38)41-14-8-13-40-21-11-7-10-19(15-21)23-16-20-9-5-6-12-24(20)33-27(23)42-22-17-25(32-18-22)29(37)39-4/h5-7,9-12,15-16,22,25-26,32H,8,13-14,17-18H2,1-4H3,(H,34,38)(H,35,36). The van der Waals surface area contributed by atoms with E-state index in [0.29, 0.717) is 31.0 Å². The van der Waals surface area contributed by atoms with Crippen LogP contribution in [0.5, 0.6) is 11.6 Å². The number of esters is 1. The van der Waals surface area contributed by atoms with Gasteiger partial charge in [0.1, 0.15) is 23.9 Å².